The molecule has 0 amide bonds. The summed E-state index contributed by atoms with van der Waals surface area (Å²) in [4.78, 5) is 0. The zero-order valence-electron chi connectivity index (χ0n) is 12.9. The quantitative estimate of drug-likeness (QED) is 0.612. The summed E-state index contributed by atoms with van der Waals surface area (Å²) in [5.41, 5.74) is 0. The van der Waals surface area contributed by atoms with Gasteiger partial charge in [0.2, 0.25) is 0 Å². The second-order valence-corrected chi connectivity index (χ2v) is 10.4. The van der Waals surface area contributed by atoms with Crippen molar-refractivity contribution in [2.75, 3.05) is 28.4 Å². The summed E-state index contributed by atoms with van der Waals surface area (Å²) in [5.74, 6) is 3.52. The first-order chi connectivity index (χ1) is 10.7. The molecule has 0 aromatic heterocycles. The van der Waals surface area contributed by atoms with Crippen molar-refractivity contribution in [2.24, 2.45) is 0 Å². The van der Waals surface area contributed by atoms with Gasteiger partial charge >= 0.3 is 142 Å². The fourth-order valence-corrected chi connectivity index (χ4v) is 8.63. The number of hydrogen-bond donors (Lipinski definition) is 0. The van der Waals surface area contributed by atoms with Gasteiger partial charge in [0.25, 0.3) is 0 Å². The van der Waals surface area contributed by atoms with Crippen LogP contribution in [0.2, 0.25) is 0 Å². The summed E-state index contributed by atoms with van der Waals surface area (Å²) in [6.07, 6.45) is 0. The first-order valence-corrected chi connectivity index (χ1v) is 12.5. The van der Waals surface area contributed by atoms with E-state index < -0.39 is 0 Å². The fourth-order valence-electron chi connectivity index (χ4n) is 1.79. The van der Waals surface area contributed by atoms with Crippen molar-refractivity contribution in [3.8, 4) is 23.0 Å². The predicted octanol–water partition coefficient (Wildman–Crippen LogP) is 0.995. The molecule has 118 valence electrons. The second-order valence-electron chi connectivity index (χ2n) is 4.20. The first kappa shape index (κ1) is 17.0. The molecule has 0 fully saturated rings. The molecule has 0 N–H and O–H groups in total. The molecule has 4 nitrogen and oxygen atoms in total. The first-order valence-electron chi connectivity index (χ1n) is 6.50. The SMILES string of the molecule is COc1ccc(OC)c([Se][Se]c2cc(OC)ccc2OC)c1. The van der Waals surface area contributed by atoms with Crippen LogP contribution in [0, 0.1) is 0 Å². The number of benzene rings is 2. The van der Waals surface area contributed by atoms with E-state index in [2.05, 4.69) is 0 Å². The van der Waals surface area contributed by atoms with Crippen LogP contribution in [0.25, 0.3) is 0 Å². The van der Waals surface area contributed by atoms with Gasteiger partial charge in [-0.1, -0.05) is 0 Å². The Hall–Kier alpha value is -1.32. The molecule has 2 aromatic rings. The Kier molecular flexibility index (Phi) is 6.47. The molecule has 0 spiro atoms. The molecule has 0 unspecified atom stereocenters. The number of hydrogen-bond acceptors (Lipinski definition) is 4. The van der Waals surface area contributed by atoms with Crippen molar-refractivity contribution in [3.63, 3.8) is 0 Å². The molecule has 0 bridgehead atoms. The molecule has 22 heavy (non-hydrogen) atoms. The Morgan fingerprint density at radius 1 is 0.591 bits per heavy atom. The zero-order chi connectivity index (χ0) is 15.9. The van der Waals surface area contributed by atoms with Crippen molar-refractivity contribution in [3.05, 3.63) is 36.4 Å². The maximum absolute atomic E-state index is 5.45. The van der Waals surface area contributed by atoms with Gasteiger partial charge in [0.1, 0.15) is 0 Å². The molecule has 6 heteroatoms. The molecule has 0 heterocycles. The Bertz CT molecular complexity index is 576. The van der Waals surface area contributed by atoms with Gasteiger partial charge < -0.3 is 0 Å². The average Bonchev–Trinajstić information content (AvgIpc) is 2.59. The van der Waals surface area contributed by atoms with Gasteiger partial charge in [-0.2, -0.15) is 0 Å². The average molecular weight is 432 g/mol. The monoisotopic (exact) mass is 434 g/mol. The van der Waals surface area contributed by atoms with Gasteiger partial charge in [-0.25, -0.2) is 0 Å². The van der Waals surface area contributed by atoms with Crippen molar-refractivity contribution in [1.29, 1.82) is 0 Å². The summed E-state index contributed by atoms with van der Waals surface area (Å²) in [6.45, 7) is 0. The predicted molar refractivity (Wildman–Crippen MR) is 89.9 cm³/mol. The van der Waals surface area contributed by atoms with E-state index in [1.54, 1.807) is 28.4 Å². The topological polar surface area (TPSA) is 36.9 Å². The normalized spacial score (nSPS) is 10.2. The van der Waals surface area contributed by atoms with E-state index in [1.807, 2.05) is 36.4 Å². The van der Waals surface area contributed by atoms with Gasteiger partial charge in [-0.05, 0) is 0 Å². The van der Waals surface area contributed by atoms with Crippen molar-refractivity contribution < 1.29 is 18.9 Å². The second kappa shape index (κ2) is 8.35. The Morgan fingerprint density at radius 3 is 1.32 bits per heavy atom. The summed E-state index contributed by atoms with van der Waals surface area (Å²) in [6, 6.07) is 11.8. The van der Waals surface area contributed by atoms with Crippen molar-refractivity contribution in [1.82, 2.24) is 0 Å². The van der Waals surface area contributed by atoms with Crippen LogP contribution >= 0.6 is 0 Å². The van der Waals surface area contributed by atoms with Crippen molar-refractivity contribution >= 4 is 35.2 Å². The van der Waals surface area contributed by atoms with Crippen LogP contribution in [0.15, 0.2) is 36.4 Å². The Balaban J connectivity index is 2.22. The molecule has 0 saturated carbocycles. The van der Waals surface area contributed by atoms with E-state index in [0.717, 1.165) is 23.0 Å². The number of ether oxygens (including phenoxy) is 4. The van der Waals surface area contributed by atoms with Gasteiger partial charge in [0.15, 0.2) is 0 Å². The number of methoxy groups -OCH3 is 4. The van der Waals surface area contributed by atoms with Crippen LogP contribution in [0.1, 0.15) is 0 Å². The van der Waals surface area contributed by atoms with Crippen LogP contribution in [-0.4, -0.2) is 54.7 Å². The van der Waals surface area contributed by atoms with Crippen LogP contribution in [-0.2, 0) is 0 Å². The minimum absolute atomic E-state index is 0.256. The molecule has 0 aliphatic rings. The molecular formula is C16H18O4Se2. The van der Waals surface area contributed by atoms with Crippen LogP contribution in [0.5, 0.6) is 23.0 Å². The van der Waals surface area contributed by atoms with Crippen LogP contribution in [0.3, 0.4) is 0 Å². The van der Waals surface area contributed by atoms with Crippen molar-refractivity contribution in [2.45, 2.75) is 0 Å². The summed E-state index contributed by atoms with van der Waals surface area (Å²) >= 11 is 0.513. The zero-order valence-corrected chi connectivity index (χ0v) is 16.3. The van der Waals surface area contributed by atoms with E-state index in [0.29, 0.717) is 0 Å². The van der Waals surface area contributed by atoms with Gasteiger partial charge in [0, 0.05) is 0 Å². The third-order valence-electron chi connectivity index (χ3n) is 2.96. The maximum atomic E-state index is 5.45. The molecular weight excluding hydrogens is 414 g/mol. The molecule has 0 radical (unpaired) electrons. The third kappa shape index (κ3) is 4.11. The van der Waals surface area contributed by atoms with Gasteiger partial charge in [-0.15, -0.1) is 0 Å². The fraction of sp³-hybridized carbons (Fsp3) is 0.250. The van der Waals surface area contributed by atoms with Crippen LogP contribution < -0.4 is 27.9 Å². The van der Waals surface area contributed by atoms with E-state index >= 15 is 0 Å². The molecule has 0 saturated heterocycles. The van der Waals surface area contributed by atoms with Gasteiger partial charge in [0.05, 0.1) is 0 Å². The minimum atomic E-state index is 0.256. The van der Waals surface area contributed by atoms with E-state index in [9.17, 15) is 0 Å². The standard InChI is InChI=1S/C16H18O4Se2/c1-17-11-5-7-13(19-3)15(9-11)21-22-16-10-12(18-2)6-8-14(16)20-4/h5-10H,1-4H3. The summed E-state index contributed by atoms with van der Waals surface area (Å²) in [7, 11) is 6.74. The van der Waals surface area contributed by atoms with Crippen LogP contribution in [0.4, 0.5) is 0 Å². The Morgan fingerprint density at radius 2 is 1.00 bits per heavy atom. The van der Waals surface area contributed by atoms with E-state index in [4.69, 9.17) is 18.9 Å². The third-order valence-corrected chi connectivity index (χ3v) is 10.1. The molecule has 0 aliphatic heterocycles. The summed E-state index contributed by atoms with van der Waals surface area (Å²) < 4.78 is 23.9. The van der Waals surface area contributed by atoms with E-state index in [1.165, 1.54) is 8.92 Å². The molecule has 0 atom stereocenters. The number of rotatable bonds is 7. The Labute approximate surface area is 142 Å². The van der Waals surface area contributed by atoms with Gasteiger partial charge in [-0.3, -0.25) is 0 Å². The molecule has 2 aromatic carbocycles. The molecule has 0 aliphatic carbocycles. The van der Waals surface area contributed by atoms with E-state index in [-0.39, 0.29) is 26.3 Å². The molecule has 2 rings (SSSR count). The summed E-state index contributed by atoms with van der Waals surface area (Å²) in [5, 5.41) is 0.